The summed E-state index contributed by atoms with van der Waals surface area (Å²) in [5.74, 6) is 0.241. The van der Waals surface area contributed by atoms with Crippen molar-refractivity contribution in [1.29, 1.82) is 0 Å². The summed E-state index contributed by atoms with van der Waals surface area (Å²) in [5, 5.41) is 29.3. The summed E-state index contributed by atoms with van der Waals surface area (Å²) in [6, 6.07) is 11.2. The number of methoxy groups -OCH3 is 1. The molecule has 3 rings (SSSR count). The second-order valence-electron chi connectivity index (χ2n) is 6.25. The number of rotatable bonds is 4. The summed E-state index contributed by atoms with van der Waals surface area (Å²) in [5.41, 5.74) is 1.53. The van der Waals surface area contributed by atoms with Gasteiger partial charge >= 0.3 is 0 Å². The van der Waals surface area contributed by atoms with Gasteiger partial charge in [-0.05, 0) is 41.0 Å². The third-order valence-electron chi connectivity index (χ3n) is 4.50. The molecule has 1 aliphatic rings. The highest BCUT2D eigenvalue weighted by Crippen LogP contribution is 2.33. The summed E-state index contributed by atoms with van der Waals surface area (Å²) in [4.78, 5) is 0. The minimum atomic E-state index is -2.11. The van der Waals surface area contributed by atoms with Crippen molar-refractivity contribution in [3.05, 3.63) is 65.0 Å². The van der Waals surface area contributed by atoms with Crippen LogP contribution in [0, 0.1) is 5.82 Å². The van der Waals surface area contributed by atoms with Crippen LogP contribution in [-0.2, 0) is 11.2 Å². The number of benzene rings is 2. The molecule has 2 aromatic rings. The van der Waals surface area contributed by atoms with E-state index in [0.29, 0.717) is 16.9 Å². The molecule has 0 spiro atoms. The molecule has 1 heterocycles. The molecule has 2 aromatic carbocycles. The van der Waals surface area contributed by atoms with Gasteiger partial charge in [-0.15, -0.1) is 0 Å². The molecule has 0 saturated carbocycles. The lowest BCUT2D eigenvalue weighted by molar-refractivity contribution is -0.268. The van der Waals surface area contributed by atoms with Crippen molar-refractivity contribution < 1.29 is 33.6 Å². The molecule has 1 fully saturated rings. The molecule has 5 nitrogen and oxygen atoms in total. The highest BCUT2D eigenvalue weighted by molar-refractivity contribution is 5.35. The van der Waals surface area contributed by atoms with Crippen LogP contribution in [0.25, 0.3) is 0 Å². The van der Waals surface area contributed by atoms with E-state index < -0.39 is 36.6 Å². The van der Waals surface area contributed by atoms with Crippen LogP contribution < -0.4 is 4.74 Å². The maximum absolute atomic E-state index is 14.2. The largest absolute Gasteiger partial charge is 0.497 e. The van der Waals surface area contributed by atoms with E-state index in [9.17, 15) is 24.1 Å². The van der Waals surface area contributed by atoms with Crippen molar-refractivity contribution >= 4 is 0 Å². The lowest BCUT2D eigenvalue weighted by Gasteiger charge is -2.37. The quantitative estimate of drug-likeness (QED) is 0.770. The van der Waals surface area contributed by atoms with E-state index in [1.165, 1.54) is 18.2 Å². The van der Waals surface area contributed by atoms with Crippen LogP contribution in [0.1, 0.15) is 22.8 Å². The summed E-state index contributed by atoms with van der Waals surface area (Å²) in [7, 11) is 1.55. The Balaban J connectivity index is 1.85. The van der Waals surface area contributed by atoms with E-state index >= 15 is 0 Å². The van der Waals surface area contributed by atoms with Gasteiger partial charge in [0.1, 0.15) is 29.9 Å². The SMILES string of the molecule is COc1ccc(Cc2cc([C@@H]3O[C@H](O)C(F)[C@H](O)[C@H]3O)ccc2F)cc1. The minimum absolute atomic E-state index is 0.281. The number of halogens is 2. The second kappa shape index (κ2) is 7.67. The fraction of sp³-hybridized carbons (Fsp3) is 0.368. The number of aliphatic hydroxyl groups is 3. The van der Waals surface area contributed by atoms with Gasteiger partial charge in [-0.3, -0.25) is 0 Å². The molecule has 0 aromatic heterocycles. The molecule has 1 aliphatic heterocycles. The predicted molar refractivity (Wildman–Crippen MR) is 88.9 cm³/mol. The van der Waals surface area contributed by atoms with Crippen LogP contribution in [-0.4, -0.2) is 47.1 Å². The van der Waals surface area contributed by atoms with Gasteiger partial charge < -0.3 is 24.8 Å². The first-order valence-corrected chi connectivity index (χ1v) is 8.15. The summed E-state index contributed by atoms with van der Waals surface area (Å²) in [6.07, 6.45) is -8.23. The van der Waals surface area contributed by atoms with E-state index in [1.54, 1.807) is 31.4 Å². The summed E-state index contributed by atoms with van der Waals surface area (Å²) in [6.45, 7) is 0. The van der Waals surface area contributed by atoms with Gasteiger partial charge in [0.2, 0.25) is 0 Å². The highest BCUT2D eigenvalue weighted by atomic mass is 19.1. The van der Waals surface area contributed by atoms with E-state index in [2.05, 4.69) is 0 Å². The molecule has 7 heteroatoms. The van der Waals surface area contributed by atoms with Crippen molar-refractivity contribution in [2.24, 2.45) is 0 Å². The minimum Gasteiger partial charge on any atom is -0.497 e. The Kier molecular flexibility index (Phi) is 5.52. The van der Waals surface area contributed by atoms with Crippen molar-refractivity contribution in [3.8, 4) is 5.75 Å². The first-order valence-electron chi connectivity index (χ1n) is 8.15. The molecular weight excluding hydrogens is 346 g/mol. The Hall–Kier alpha value is -2.06. The van der Waals surface area contributed by atoms with Gasteiger partial charge in [-0.25, -0.2) is 8.78 Å². The number of alkyl halides is 1. The van der Waals surface area contributed by atoms with Crippen LogP contribution in [0.3, 0.4) is 0 Å². The molecule has 0 radical (unpaired) electrons. The van der Waals surface area contributed by atoms with E-state index in [-0.39, 0.29) is 6.42 Å². The van der Waals surface area contributed by atoms with Crippen molar-refractivity contribution in [2.75, 3.05) is 7.11 Å². The van der Waals surface area contributed by atoms with Crippen LogP contribution in [0.15, 0.2) is 42.5 Å². The maximum Gasteiger partial charge on any atom is 0.189 e. The van der Waals surface area contributed by atoms with Crippen LogP contribution in [0.2, 0.25) is 0 Å². The Morgan fingerprint density at radius 1 is 1.04 bits per heavy atom. The Bertz CT molecular complexity index is 752. The lowest BCUT2D eigenvalue weighted by atomic mass is 9.92. The Morgan fingerprint density at radius 2 is 1.73 bits per heavy atom. The van der Waals surface area contributed by atoms with Gasteiger partial charge in [0.25, 0.3) is 0 Å². The molecule has 0 aliphatic carbocycles. The van der Waals surface area contributed by atoms with Gasteiger partial charge in [0.15, 0.2) is 12.5 Å². The zero-order valence-corrected chi connectivity index (χ0v) is 14.0. The molecule has 26 heavy (non-hydrogen) atoms. The molecule has 3 N–H and O–H groups in total. The van der Waals surface area contributed by atoms with Crippen molar-refractivity contribution in [2.45, 2.75) is 37.2 Å². The van der Waals surface area contributed by atoms with Gasteiger partial charge in [0, 0.05) is 6.42 Å². The Morgan fingerprint density at radius 3 is 2.38 bits per heavy atom. The van der Waals surface area contributed by atoms with E-state index in [4.69, 9.17) is 9.47 Å². The summed E-state index contributed by atoms with van der Waals surface area (Å²) >= 11 is 0. The summed E-state index contributed by atoms with van der Waals surface area (Å²) < 4.78 is 37.9. The van der Waals surface area contributed by atoms with Gasteiger partial charge in [-0.1, -0.05) is 18.2 Å². The molecular formula is C19H20F2O5. The molecule has 0 amide bonds. The maximum atomic E-state index is 14.2. The third-order valence-corrected chi connectivity index (χ3v) is 4.50. The monoisotopic (exact) mass is 366 g/mol. The number of aliphatic hydroxyl groups excluding tert-OH is 3. The smallest absolute Gasteiger partial charge is 0.189 e. The van der Waals surface area contributed by atoms with Crippen molar-refractivity contribution in [1.82, 2.24) is 0 Å². The van der Waals surface area contributed by atoms with Gasteiger partial charge in [0.05, 0.1) is 7.11 Å². The molecule has 5 atom stereocenters. The van der Waals surface area contributed by atoms with Gasteiger partial charge in [-0.2, -0.15) is 0 Å². The second-order valence-corrected chi connectivity index (χ2v) is 6.25. The average Bonchev–Trinajstić information content (AvgIpc) is 2.65. The number of hydrogen-bond acceptors (Lipinski definition) is 5. The molecule has 1 saturated heterocycles. The predicted octanol–water partition coefficient (Wildman–Crippen LogP) is 1.87. The Labute approximate surface area is 149 Å². The lowest BCUT2D eigenvalue weighted by Crippen LogP contribution is -2.52. The van der Waals surface area contributed by atoms with Crippen LogP contribution >= 0.6 is 0 Å². The molecule has 140 valence electrons. The first-order chi connectivity index (χ1) is 12.4. The fourth-order valence-electron chi connectivity index (χ4n) is 2.99. The normalized spacial score (nSPS) is 28.8. The molecule has 0 bridgehead atoms. The molecule has 1 unspecified atom stereocenters. The highest BCUT2D eigenvalue weighted by Gasteiger charge is 2.44. The van der Waals surface area contributed by atoms with Crippen molar-refractivity contribution in [3.63, 3.8) is 0 Å². The van der Waals surface area contributed by atoms with Crippen LogP contribution in [0.4, 0.5) is 8.78 Å². The fourth-order valence-corrected chi connectivity index (χ4v) is 2.99. The topological polar surface area (TPSA) is 79.2 Å². The van der Waals surface area contributed by atoms with E-state index in [0.717, 1.165) is 5.56 Å². The van der Waals surface area contributed by atoms with Crippen LogP contribution in [0.5, 0.6) is 5.75 Å². The standard InChI is InChI=1S/C19H20F2O5/c1-25-13-5-2-10(3-6-13)8-12-9-11(4-7-14(12)20)18-17(23)16(22)15(21)19(24)26-18/h2-7,9,15-19,22-24H,8H2,1H3/t15?,16-,17+,18-,19-/m0/s1. The first kappa shape index (κ1) is 18.7. The average molecular weight is 366 g/mol. The number of hydrogen-bond donors (Lipinski definition) is 3. The zero-order chi connectivity index (χ0) is 18.8. The number of ether oxygens (including phenoxy) is 2. The zero-order valence-electron chi connectivity index (χ0n) is 14.0. The third kappa shape index (κ3) is 3.71. The van der Waals surface area contributed by atoms with E-state index in [1.807, 2.05) is 0 Å².